The van der Waals surface area contributed by atoms with Gasteiger partial charge in [0, 0.05) is 30.7 Å². The molecule has 2 N–H and O–H groups in total. The van der Waals surface area contributed by atoms with Crippen molar-refractivity contribution in [1.82, 2.24) is 19.7 Å². The van der Waals surface area contributed by atoms with Crippen molar-refractivity contribution in [1.29, 1.82) is 0 Å². The van der Waals surface area contributed by atoms with Gasteiger partial charge in [0.05, 0.1) is 5.69 Å². The molecule has 2 aromatic rings. The molecule has 5 nitrogen and oxygen atoms in total. The average molecular weight is 320 g/mol. The van der Waals surface area contributed by atoms with Crippen molar-refractivity contribution in [2.75, 3.05) is 13.1 Å². The Hall–Kier alpha value is -1.43. The van der Waals surface area contributed by atoms with Crippen LogP contribution >= 0.6 is 11.6 Å². The maximum atomic E-state index is 6.23. The largest absolute Gasteiger partial charge is 0.327 e. The Morgan fingerprint density at radius 3 is 2.91 bits per heavy atom. The summed E-state index contributed by atoms with van der Waals surface area (Å²) in [7, 11) is 0. The van der Waals surface area contributed by atoms with E-state index in [1.165, 1.54) is 11.9 Å². The molecule has 1 aromatic carbocycles. The molecule has 6 heteroatoms. The summed E-state index contributed by atoms with van der Waals surface area (Å²) in [5.74, 6) is 0. The molecule has 118 valence electrons. The van der Waals surface area contributed by atoms with E-state index in [-0.39, 0.29) is 11.5 Å². The summed E-state index contributed by atoms with van der Waals surface area (Å²) in [6.07, 6.45) is 4.26. The van der Waals surface area contributed by atoms with Crippen molar-refractivity contribution in [2.24, 2.45) is 11.1 Å². The van der Waals surface area contributed by atoms with E-state index in [9.17, 15) is 0 Å². The van der Waals surface area contributed by atoms with Crippen LogP contribution in [0.1, 0.15) is 25.8 Å². The molecule has 1 saturated heterocycles. The van der Waals surface area contributed by atoms with Gasteiger partial charge in [0.2, 0.25) is 0 Å². The van der Waals surface area contributed by atoms with Crippen LogP contribution in [0.4, 0.5) is 0 Å². The second-order valence-corrected chi connectivity index (χ2v) is 7.14. The number of halogens is 1. The molecule has 3 rings (SSSR count). The number of likely N-dealkylation sites (tertiary alicyclic amines) is 1. The molecular formula is C16H22ClN5. The lowest BCUT2D eigenvalue weighted by Gasteiger charge is -2.42. The second kappa shape index (κ2) is 5.99. The van der Waals surface area contributed by atoms with Gasteiger partial charge in [-0.15, -0.1) is 0 Å². The summed E-state index contributed by atoms with van der Waals surface area (Å²) < 4.78 is 1.77. The highest BCUT2D eigenvalue weighted by molar-refractivity contribution is 6.30. The standard InChI is InChI=1S/C16H22ClN5/c1-16(2)9-21(6-5-15(16)18)8-12-3-4-13(17)7-14(12)22-11-19-10-20-22/h3-4,7,10-11,15H,5-6,8-9,18H2,1-2H3. The molecule has 1 unspecified atom stereocenters. The van der Waals surface area contributed by atoms with Gasteiger partial charge in [-0.3, -0.25) is 4.90 Å². The highest BCUT2D eigenvalue weighted by Gasteiger charge is 2.33. The van der Waals surface area contributed by atoms with E-state index in [4.69, 9.17) is 17.3 Å². The van der Waals surface area contributed by atoms with Crippen LogP contribution in [-0.4, -0.2) is 38.8 Å². The summed E-state index contributed by atoms with van der Waals surface area (Å²) in [4.78, 5) is 6.48. The molecule has 0 saturated carbocycles. The summed E-state index contributed by atoms with van der Waals surface area (Å²) in [6.45, 7) is 7.36. The maximum Gasteiger partial charge on any atom is 0.138 e. The van der Waals surface area contributed by atoms with Crippen LogP contribution in [0.15, 0.2) is 30.9 Å². The van der Waals surface area contributed by atoms with Crippen molar-refractivity contribution < 1.29 is 0 Å². The molecule has 1 fully saturated rings. The Morgan fingerprint density at radius 2 is 2.23 bits per heavy atom. The van der Waals surface area contributed by atoms with E-state index in [0.717, 1.165) is 31.7 Å². The number of hydrogen-bond acceptors (Lipinski definition) is 4. The van der Waals surface area contributed by atoms with Crippen molar-refractivity contribution >= 4 is 11.6 Å². The first-order valence-electron chi connectivity index (χ1n) is 7.57. The van der Waals surface area contributed by atoms with Crippen LogP contribution in [0.25, 0.3) is 5.69 Å². The van der Waals surface area contributed by atoms with Crippen LogP contribution in [0.3, 0.4) is 0 Å². The quantitative estimate of drug-likeness (QED) is 0.944. The Balaban J connectivity index is 1.84. The van der Waals surface area contributed by atoms with Gasteiger partial charge in [-0.2, -0.15) is 5.10 Å². The minimum atomic E-state index is 0.137. The lowest BCUT2D eigenvalue weighted by molar-refractivity contribution is 0.0898. The molecule has 1 atom stereocenters. The number of rotatable bonds is 3. The van der Waals surface area contributed by atoms with E-state index in [0.29, 0.717) is 5.02 Å². The SMILES string of the molecule is CC1(C)CN(Cc2ccc(Cl)cc2-n2cncn2)CCC1N. The molecular weight excluding hydrogens is 298 g/mol. The lowest BCUT2D eigenvalue weighted by Crippen LogP contribution is -2.52. The third kappa shape index (κ3) is 3.16. The molecule has 1 aromatic heterocycles. The molecule has 0 bridgehead atoms. The van der Waals surface area contributed by atoms with E-state index in [1.807, 2.05) is 12.1 Å². The normalized spacial score (nSPS) is 21.9. The number of benzene rings is 1. The fraction of sp³-hybridized carbons (Fsp3) is 0.500. The van der Waals surface area contributed by atoms with Gasteiger partial charge in [-0.25, -0.2) is 9.67 Å². The molecule has 0 aliphatic carbocycles. The highest BCUT2D eigenvalue weighted by atomic mass is 35.5. The number of piperidine rings is 1. The number of aromatic nitrogens is 3. The van der Waals surface area contributed by atoms with E-state index < -0.39 is 0 Å². The van der Waals surface area contributed by atoms with Gasteiger partial charge in [0.1, 0.15) is 12.7 Å². The fourth-order valence-electron chi connectivity index (χ4n) is 3.08. The monoisotopic (exact) mass is 319 g/mol. The van der Waals surface area contributed by atoms with Crippen LogP contribution < -0.4 is 5.73 Å². The summed E-state index contributed by atoms with van der Waals surface area (Å²) >= 11 is 6.15. The first kappa shape index (κ1) is 15.5. The number of nitrogens with two attached hydrogens (primary N) is 1. The number of hydrogen-bond donors (Lipinski definition) is 1. The minimum absolute atomic E-state index is 0.137. The van der Waals surface area contributed by atoms with Crippen molar-refractivity contribution in [3.05, 3.63) is 41.4 Å². The van der Waals surface area contributed by atoms with Gasteiger partial charge in [-0.05, 0) is 29.5 Å². The van der Waals surface area contributed by atoms with Crippen LogP contribution in [-0.2, 0) is 6.54 Å². The summed E-state index contributed by atoms with van der Waals surface area (Å²) in [5, 5.41) is 4.93. The van der Waals surface area contributed by atoms with Crippen molar-refractivity contribution in [2.45, 2.75) is 32.9 Å². The van der Waals surface area contributed by atoms with Crippen LogP contribution in [0.5, 0.6) is 0 Å². The van der Waals surface area contributed by atoms with Crippen LogP contribution in [0, 0.1) is 5.41 Å². The third-order valence-electron chi connectivity index (χ3n) is 4.50. The second-order valence-electron chi connectivity index (χ2n) is 6.71. The van der Waals surface area contributed by atoms with Gasteiger partial charge in [0.15, 0.2) is 0 Å². The highest BCUT2D eigenvalue weighted by Crippen LogP contribution is 2.29. The topological polar surface area (TPSA) is 60.0 Å². The Morgan fingerprint density at radius 1 is 1.41 bits per heavy atom. The maximum absolute atomic E-state index is 6.23. The zero-order valence-electron chi connectivity index (χ0n) is 13.0. The van der Waals surface area contributed by atoms with Crippen LogP contribution in [0.2, 0.25) is 5.02 Å². The Labute approximate surface area is 136 Å². The molecule has 0 radical (unpaired) electrons. The molecule has 22 heavy (non-hydrogen) atoms. The van der Waals surface area contributed by atoms with Crippen molar-refractivity contribution in [3.63, 3.8) is 0 Å². The molecule has 2 heterocycles. The zero-order valence-corrected chi connectivity index (χ0v) is 13.8. The van der Waals surface area contributed by atoms with E-state index >= 15 is 0 Å². The summed E-state index contributed by atoms with van der Waals surface area (Å²) in [5.41, 5.74) is 8.55. The number of nitrogens with zero attached hydrogens (tertiary/aromatic N) is 4. The first-order chi connectivity index (χ1) is 10.5. The summed E-state index contributed by atoms with van der Waals surface area (Å²) in [6, 6.07) is 6.20. The predicted octanol–water partition coefficient (Wildman–Crippen LogP) is 2.48. The minimum Gasteiger partial charge on any atom is -0.327 e. The average Bonchev–Trinajstić information content (AvgIpc) is 2.98. The van der Waals surface area contributed by atoms with Gasteiger partial charge in [-0.1, -0.05) is 31.5 Å². The Kier molecular flexibility index (Phi) is 4.21. The Bertz CT molecular complexity index is 638. The van der Waals surface area contributed by atoms with Gasteiger partial charge in [0.25, 0.3) is 0 Å². The van der Waals surface area contributed by atoms with E-state index in [1.54, 1.807) is 11.0 Å². The predicted molar refractivity (Wildman–Crippen MR) is 88.0 cm³/mol. The van der Waals surface area contributed by atoms with Gasteiger partial charge < -0.3 is 5.73 Å². The molecule has 0 amide bonds. The fourth-order valence-corrected chi connectivity index (χ4v) is 3.24. The van der Waals surface area contributed by atoms with Crippen molar-refractivity contribution in [3.8, 4) is 5.69 Å². The zero-order chi connectivity index (χ0) is 15.7. The lowest BCUT2D eigenvalue weighted by atomic mass is 9.79. The third-order valence-corrected chi connectivity index (χ3v) is 4.73. The van der Waals surface area contributed by atoms with E-state index in [2.05, 4.69) is 34.9 Å². The smallest absolute Gasteiger partial charge is 0.138 e. The van der Waals surface area contributed by atoms with Gasteiger partial charge >= 0.3 is 0 Å². The molecule has 0 spiro atoms. The first-order valence-corrected chi connectivity index (χ1v) is 7.95. The molecule has 1 aliphatic rings. The molecule has 1 aliphatic heterocycles.